The Balaban J connectivity index is 1.30. The lowest BCUT2D eigenvalue weighted by atomic mass is 9.96. The number of nitrogens with one attached hydrogen (secondary N) is 1. The van der Waals surface area contributed by atoms with Gasteiger partial charge in [-0.15, -0.1) is 0 Å². The maximum Gasteiger partial charge on any atom is 0.241 e. The van der Waals surface area contributed by atoms with E-state index in [0.717, 1.165) is 31.5 Å². The predicted molar refractivity (Wildman–Crippen MR) is 129 cm³/mol. The van der Waals surface area contributed by atoms with Crippen molar-refractivity contribution in [2.24, 2.45) is 5.92 Å². The summed E-state index contributed by atoms with van der Waals surface area (Å²) in [5.74, 6) is 3.40. The van der Waals surface area contributed by atoms with Crippen molar-refractivity contribution < 1.29 is 28.3 Å². The average Bonchev–Trinajstić information content (AvgIpc) is 3.36. The van der Waals surface area contributed by atoms with Crippen LogP contribution >= 0.6 is 0 Å². The summed E-state index contributed by atoms with van der Waals surface area (Å²) >= 11 is 0. The number of carbonyl (C=O) groups is 1. The molecule has 1 saturated heterocycles. The van der Waals surface area contributed by atoms with E-state index in [1.165, 1.54) is 0 Å². The van der Waals surface area contributed by atoms with Gasteiger partial charge in [0.05, 0.1) is 35.0 Å². The lowest BCUT2D eigenvalue weighted by Crippen LogP contribution is -2.37. The van der Waals surface area contributed by atoms with E-state index in [9.17, 15) is 4.79 Å². The molecule has 1 amide bonds. The second kappa shape index (κ2) is 11.1. The van der Waals surface area contributed by atoms with Gasteiger partial charge in [-0.25, -0.2) is 0 Å². The van der Waals surface area contributed by atoms with Crippen LogP contribution in [0.4, 0.5) is 5.69 Å². The number of aromatic nitrogens is 2. The van der Waals surface area contributed by atoms with E-state index in [2.05, 4.69) is 20.4 Å². The molecule has 1 fully saturated rings. The van der Waals surface area contributed by atoms with E-state index in [0.29, 0.717) is 46.9 Å². The molecule has 10 nitrogen and oxygen atoms in total. The number of hydrogen-bond acceptors (Lipinski definition) is 9. The first kappa shape index (κ1) is 24.3. The van der Waals surface area contributed by atoms with Crippen LogP contribution in [0.3, 0.4) is 0 Å². The molecular weight excluding hydrogens is 452 g/mol. The number of benzene rings is 2. The lowest BCUT2D eigenvalue weighted by Gasteiger charge is -2.30. The Morgan fingerprint density at radius 1 is 0.943 bits per heavy atom. The summed E-state index contributed by atoms with van der Waals surface area (Å²) in [5, 5.41) is 7.09. The number of methoxy groups -OCH3 is 4. The third-order valence-electron chi connectivity index (χ3n) is 6.08. The van der Waals surface area contributed by atoms with Gasteiger partial charge in [0.25, 0.3) is 0 Å². The highest BCUT2D eigenvalue weighted by molar-refractivity contribution is 5.93. The first-order chi connectivity index (χ1) is 17.0. The van der Waals surface area contributed by atoms with Crippen LogP contribution in [0.25, 0.3) is 11.4 Å². The molecule has 10 heteroatoms. The number of piperidine rings is 1. The van der Waals surface area contributed by atoms with Crippen LogP contribution < -0.4 is 24.3 Å². The van der Waals surface area contributed by atoms with Crippen LogP contribution in [0.5, 0.6) is 23.0 Å². The molecule has 1 N–H and O–H groups in total. The maximum atomic E-state index is 12.8. The van der Waals surface area contributed by atoms with Crippen LogP contribution in [0.1, 0.15) is 18.7 Å². The maximum absolute atomic E-state index is 12.8. The molecule has 4 rings (SSSR count). The fourth-order valence-corrected chi connectivity index (χ4v) is 4.11. The van der Waals surface area contributed by atoms with Crippen molar-refractivity contribution in [1.82, 2.24) is 15.0 Å². The number of hydrogen-bond donors (Lipinski definition) is 1. The van der Waals surface area contributed by atoms with E-state index in [1.54, 1.807) is 46.6 Å². The molecule has 2 heterocycles. The van der Waals surface area contributed by atoms with E-state index in [1.807, 2.05) is 18.2 Å². The molecule has 35 heavy (non-hydrogen) atoms. The third-order valence-corrected chi connectivity index (χ3v) is 6.08. The molecule has 0 unspecified atom stereocenters. The smallest absolute Gasteiger partial charge is 0.241 e. The van der Waals surface area contributed by atoms with Gasteiger partial charge < -0.3 is 28.8 Å². The topological polar surface area (TPSA) is 108 Å². The molecule has 0 spiro atoms. The highest BCUT2D eigenvalue weighted by Crippen LogP contribution is 2.32. The molecule has 0 bridgehead atoms. The van der Waals surface area contributed by atoms with E-state index < -0.39 is 0 Å². The van der Waals surface area contributed by atoms with Gasteiger partial charge in [0.1, 0.15) is 0 Å². The van der Waals surface area contributed by atoms with Gasteiger partial charge in [-0.2, -0.15) is 4.98 Å². The molecule has 0 saturated carbocycles. The molecule has 0 aliphatic carbocycles. The second-order valence-electron chi connectivity index (χ2n) is 8.19. The van der Waals surface area contributed by atoms with E-state index >= 15 is 0 Å². The molecule has 1 aliphatic rings. The van der Waals surface area contributed by atoms with Gasteiger partial charge >= 0.3 is 0 Å². The Morgan fingerprint density at radius 2 is 1.57 bits per heavy atom. The van der Waals surface area contributed by atoms with Gasteiger partial charge in [-0.1, -0.05) is 5.16 Å². The van der Waals surface area contributed by atoms with Gasteiger partial charge in [0, 0.05) is 23.2 Å². The predicted octanol–water partition coefficient (Wildman–Crippen LogP) is 3.62. The second-order valence-corrected chi connectivity index (χ2v) is 8.19. The Kier molecular flexibility index (Phi) is 7.71. The number of rotatable bonds is 9. The summed E-state index contributed by atoms with van der Waals surface area (Å²) in [5.41, 5.74) is 1.46. The third kappa shape index (κ3) is 5.65. The highest BCUT2D eigenvalue weighted by Gasteiger charge is 2.26. The van der Waals surface area contributed by atoms with Crippen molar-refractivity contribution in [3.63, 3.8) is 0 Å². The fourth-order valence-electron chi connectivity index (χ4n) is 4.11. The SMILES string of the molecule is COc1ccc(NC(=O)C2CCN(Cc3nc(-c4ccc(OC)c(OC)c4)no3)CC2)cc1OC. The fraction of sp³-hybridized carbons (Fsp3) is 0.400. The van der Waals surface area contributed by atoms with E-state index in [4.69, 9.17) is 23.5 Å². The lowest BCUT2D eigenvalue weighted by molar-refractivity contribution is -0.121. The summed E-state index contributed by atoms with van der Waals surface area (Å²) in [4.78, 5) is 19.5. The van der Waals surface area contributed by atoms with Crippen molar-refractivity contribution in [2.45, 2.75) is 19.4 Å². The number of carbonyl (C=O) groups excluding carboxylic acids is 1. The molecular formula is C25H30N4O6. The molecule has 186 valence electrons. The number of anilines is 1. The van der Waals surface area contributed by atoms with Gasteiger partial charge in [0.2, 0.25) is 17.6 Å². The number of likely N-dealkylation sites (tertiary alicyclic amines) is 1. The minimum atomic E-state index is -0.0654. The molecule has 0 atom stereocenters. The Hall–Kier alpha value is -3.79. The highest BCUT2D eigenvalue weighted by atomic mass is 16.5. The van der Waals surface area contributed by atoms with E-state index in [-0.39, 0.29) is 11.8 Å². The first-order valence-electron chi connectivity index (χ1n) is 11.3. The Bertz CT molecular complexity index is 1160. The number of amides is 1. The number of nitrogens with zero attached hydrogens (tertiary/aromatic N) is 3. The largest absolute Gasteiger partial charge is 0.493 e. The minimum absolute atomic E-state index is 0.00500. The average molecular weight is 483 g/mol. The summed E-state index contributed by atoms with van der Waals surface area (Å²) in [7, 11) is 6.32. The van der Waals surface area contributed by atoms with Crippen LogP contribution in [-0.4, -0.2) is 62.5 Å². The zero-order valence-corrected chi connectivity index (χ0v) is 20.4. The summed E-state index contributed by atoms with van der Waals surface area (Å²) < 4.78 is 26.7. The van der Waals surface area contributed by atoms with Crippen molar-refractivity contribution in [1.29, 1.82) is 0 Å². The molecule has 0 radical (unpaired) electrons. The zero-order chi connectivity index (χ0) is 24.8. The zero-order valence-electron chi connectivity index (χ0n) is 20.4. The first-order valence-corrected chi connectivity index (χ1v) is 11.3. The van der Waals surface area contributed by atoms with Crippen LogP contribution in [-0.2, 0) is 11.3 Å². The Morgan fingerprint density at radius 3 is 2.23 bits per heavy atom. The normalized spacial score (nSPS) is 14.4. The van der Waals surface area contributed by atoms with Gasteiger partial charge in [-0.05, 0) is 56.3 Å². The van der Waals surface area contributed by atoms with Crippen LogP contribution in [0.15, 0.2) is 40.9 Å². The molecule has 1 aliphatic heterocycles. The standard InChI is InChI=1S/C25H30N4O6/c1-31-19-7-5-17(13-21(19)33-3)24-27-23(35-28-24)15-29-11-9-16(10-12-29)25(30)26-18-6-8-20(32-2)22(14-18)34-4/h5-8,13-14,16H,9-12,15H2,1-4H3,(H,26,30). The van der Waals surface area contributed by atoms with Crippen LogP contribution in [0.2, 0.25) is 0 Å². The molecule has 3 aromatic rings. The van der Waals surface area contributed by atoms with Crippen molar-refractivity contribution in [3.8, 4) is 34.4 Å². The number of ether oxygens (including phenoxy) is 4. The Labute approximate surface area is 204 Å². The molecule has 1 aromatic heterocycles. The van der Waals surface area contributed by atoms with Crippen molar-refractivity contribution >= 4 is 11.6 Å². The summed E-state index contributed by atoms with van der Waals surface area (Å²) in [6, 6.07) is 10.8. The van der Waals surface area contributed by atoms with Crippen molar-refractivity contribution in [2.75, 3.05) is 46.8 Å². The van der Waals surface area contributed by atoms with Crippen LogP contribution in [0, 0.1) is 5.92 Å². The monoisotopic (exact) mass is 482 g/mol. The van der Waals surface area contributed by atoms with Gasteiger partial charge in [-0.3, -0.25) is 9.69 Å². The van der Waals surface area contributed by atoms with Gasteiger partial charge in [0.15, 0.2) is 23.0 Å². The van der Waals surface area contributed by atoms with Crippen molar-refractivity contribution in [3.05, 3.63) is 42.3 Å². The molecule has 2 aromatic carbocycles. The quantitative estimate of drug-likeness (QED) is 0.489. The summed E-state index contributed by atoms with van der Waals surface area (Å²) in [6.45, 7) is 2.06. The minimum Gasteiger partial charge on any atom is -0.493 e. The summed E-state index contributed by atoms with van der Waals surface area (Å²) in [6.07, 6.45) is 1.49.